The van der Waals surface area contributed by atoms with Crippen LogP contribution in [-0.2, 0) is 4.79 Å². The predicted octanol–water partition coefficient (Wildman–Crippen LogP) is 0.135. The van der Waals surface area contributed by atoms with Crippen LogP contribution in [0.4, 0.5) is 0 Å². The first kappa shape index (κ1) is 12.5. The summed E-state index contributed by atoms with van der Waals surface area (Å²) in [6.07, 6.45) is 3.69. The molecule has 1 amide bonds. The Kier molecular flexibility index (Phi) is 5.05. The molecule has 88 valence electrons. The zero-order valence-electron chi connectivity index (χ0n) is 9.91. The highest BCUT2D eigenvalue weighted by molar-refractivity contribution is 5.77. The van der Waals surface area contributed by atoms with Crippen molar-refractivity contribution >= 4 is 5.91 Å². The van der Waals surface area contributed by atoms with Gasteiger partial charge in [0.15, 0.2) is 0 Å². The summed E-state index contributed by atoms with van der Waals surface area (Å²) in [7, 11) is 4.00. The lowest BCUT2D eigenvalue weighted by Gasteiger charge is -2.30. The van der Waals surface area contributed by atoms with Crippen molar-refractivity contribution in [2.75, 3.05) is 40.3 Å². The number of nitrogens with zero attached hydrogens (tertiary/aromatic N) is 2. The third kappa shape index (κ3) is 4.18. The summed E-state index contributed by atoms with van der Waals surface area (Å²) < 4.78 is 0. The number of likely N-dealkylation sites (tertiary alicyclic amines) is 1. The fraction of sp³-hybridized carbons (Fsp3) is 0.909. The number of rotatable bonds is 4. The number of hydrogen-bond acceptors (Lipinski definition) is 3. The van der Waals surface area contributed by atoms with E-state index >= 15 is 0 Å². The van der Waals surface area contributed by atoms with E-state index in [4.69, 9.17) is 5.73 Å². The summed E-state index contributed by atoms with van der Waals surface area (Å²) >= 11 is 0. The highest BCUT2D eigenvalue weighted by Gasteiger charge is 2.18. The van der Waals surface area contributed by atoms with Crippen molar-refractivity contribution in [2.45, 2.75) is 19.3 Å². The van der Waals surface area contributed by atoms with Crippen LogP contribution in [0, 0.1) is 5.92 Å². The Labute approximate surface area is 92.4 Å². The Morgan fingerprint density at radius 2 is 2.33 bits per heavy atom. The number of likely N-dealkylation sites (N-methyl/N-ethyl adjacent to an activating group) is 1. The number of amides is 1. The van der Waals surface area contributed by atoms with Crippen LogP contribution < -0.4 is 5.73 Å². The SMILES string of the molecule is CN1CCCC(CCN(C)C(=O)CN)C1. The molecule has 1 unspecified atom stereocenters. The van der Waals surface area contributed by atoms with E-state index < -0.39 is 0 Å². The van der Waals surface area contributed by atoms with Crippen molar-refractivity contribution in [3.8, 4) is 0 Å². The van der Waals surface area contributed by atoms with Gasteiger partial charge in [-0.3, -0.25) is 4.79 Å². The first-order valence-corrected chi connectivity index (χ1v) is 5.76. The van der Waals surface area contributed by atoms with E-state index in [1.165, 1.54) is 25.9 Å². The maximum atomic E-state index is 11.2. The van der Waals surface area contributed by atoms with Crippen LogP contribution >= 0.6 is 0 Å². The maximum absolute atomic E-state index is 11.2. The first-order chi connectivity index (χ1) is 7.13. The second-order valence-corrected chi connectivity index (χ2v) is 4.58. The smallest absolute Gasteiger partial charge is 0.236 e. The van der Waals surface area contributed by atoms with Crippen molar-refractivity contribution in [3.05, 3.63) is 0 Å². The summed E-state index contributed by atoms with van der Waals surface area (Å²) in [5, 5.41) is 0. The van der Waals surface area contributed by atoms with E-state index in [9.17, 15) is 4.79 Å². The van der Waals surface area contributed by atoms with Crippen molar-refractivity contribution in [2.24, 2.45) is 11.7 Å². The molecule has 15 heavy (non-hydrogen) atoms. The molecular weight excluding hydrogens is 190 g/mol. The monoisotopic (exact) mass is 213 g/mol. The van der Waals surface area contributed by atoms with Crippen molar-refractivity contribution < 1.29 is 4.79 Å². The summed E-state index contributed by atoms with van der Waals surface area (Å²) in [6.45, 7) is 3.36. The zero-order chi connectivity index (χ0) is 11.3. The van der Waals surface area contributed by atoms with Gasteiger partial charge in [0.2, 0.25) is 5.91 Å². The second-order valence-electron chi connectivity index (χ2n) is 4.58. The lowest BCUT2D eigenvalue weighted by Crippen LogP contribution is -2.37. The number of hydrogen-bond donors (Lipinski definition) is 1. The standard InChI is InChI=1S/C11H23N3O/c1-13-6-3-4-10(9-13)5-7-14(2)11(15)8-12/h10H,3-9,12H2,1-2H3. The van der Waals surface area contributed by atoms with Gasteiger partial charge in [-0.15, -0.1) is 0 Å². The van der Waals surface area contributed by atoms with Gasteiger partial charge in [-0.05, 0) is 38.8 Å². The summed E-state index contributed by atoms with van der Waals surface area (Å²) in [6, 6.07) is 0. The number of carbonyl (C=O) groups is 1. The molecule has 1 atom stereocenters. The minimum absolute atomic E-state index is 0.0409. The zero-order valence-corrected chi connectivity index (χ0v) is 9.91. The van der Waals surface area contributed by atoms with E-state index in [0.29, 0.717) is 0 Å². The van der Waals surface area contributed by atoms with Gasteiger partial charge < -0.3 is 15.5 Å². The van der Waals surface area contributed by atoms with Crippen LogP contribution in [-0.4, -0.2) is 56.0 Å². The molecule has 4 nitrogen and oxygen atoms in total. The third-order valence-corrected chi connectivity index (χ3v) is 3.20. The lowest BCUT2D eigenvalue weighted by molar-refractivity contribution is -0.128. The van der Waals surface area contributed by atoms with Gasteiger partial charge in [0.05, 0.1) is 6.54 Å². The first-order valence-electron chi connectivity index (χ1n) is 5.76. The molecule has 0 radical (unpaired) electrons. The van der Waals surface area contributed by atoms with Crippen LogP contribution in [0.15, 0.2) is 0 Å². The molecule has 0 aromatic heterocycles. The van der Waals surface area contributed by atoms with Crippen molar-refractivity contribution in [1.29, 1.82) is 0 Å². The highest BCUT2D eigenvalue weighted by Crippen LogP contribution is 2.18. The van der Waals surface area contributed by atoms with Gasteiger partial charge in [0, 0.05) is 20.1 Å². The third-order valence-electron chi connectivity index (χ3n) is 3.20. The average Bonchev–Trinajstić information content (AvgIpc) is 2.25. The average molecular weight is 213 g/mol. The van der Waals surface area contributed by atoms with Crippen LogP contribution in [0.5, 0.6) is 0 Å². The van der Waals surface area contributed by atoms with E-state index in [2.05, 4.69) is 11.9 Å². The molecule has 1 rings (SSSR count). The maximum Gasteiger partial charge on any atom is 0.236 e. The fourth-order valence-corrected chi connectivity index (χ4v) is 2.17. The van der Waals surface area contributed by atoms with Gasteiger partial charge >= 0.3 is 0 Å². The molecule has 0 aromatic carbocycles. The molecule has 1 aliphatic rings. The molecule has 1 heterocycles. The van der Waals surface area contributed by atoms with E-state index in [1.807, 2.05) is 7.05 Å². The summed E-state index contributed by atoms with van der Waals surface area (Å²) in [5.74, 6) is 0.788. The summed E-state index contributed by atoms with van der Waals surface area (Å²) in [5.41, 5.74) is 5.30. The highest BCUT2D eigenvalue weighted by atomic mass is 16.2. The fourth-order valence-electron chi connectivity index (χ4n) is 2.17. The number of piperidine rings is 1. The van der Waals surface area contributed by atoms with Crippen LogP contribution in [0.3, 0.4) is 0 Å². The van der Waals surface area contributed by atoms with E-state index in [0.717, 1.165) is 18.9 Å². The van der Waals surface area contributed by atoms with Gasteiger partial charge in [-0.1, -0.05) is 0 Å². The number of nitrogens with two attached hydrogens (primary N) is 1. The van der Waals surface area contributed by atoms with E-state index in [-0.39, 0.29) is 12.5 Å². The molecule has 2 N–H and O–H groups in total. The normalized spacial score (nSPS) is 22.7. The molecular formula is C11H23N3O. The Balaban J connectivity index is 2.21. The Hall–Kier alpha value is -0.610. The van der Waals surface area contributed by atoms with Gasteiger partial charge in [-0.25, -0.2) is 0 Å². The molecule has 0 aliphatic carbocycles. The second kappa shape index (κ2) is 6.08. The van der Waals surface area contributed by atoms with E-state index in [1.54, 1.807) is 4.90 Å². The molecule has 4 heteroatoms. The quantitative estimate of drug-likeness (QED) is 0.722. The van der Waals surface area contributed by atoms with Gasteiger partial charge in [0.1, 0.15) is 0 Å². The van der Waals surface area contributed by atoms with Crippen LogP contribution in [0.2, 0.25) is 0 Å². The van der Waals surface area contributed by atoms with Crippen molar-refractivity contribution in [1.82, 2.24) is 9.80 Å². The van der Waals surface area contributed by atoms with Crippen LogP contribution in [0.25, 0.3) is 0 Å². The molecule has 0 aromatic rings. The summed E-state index contributed by atoms with van der Waals surface area (Å²) in [4.78, 5) is 15.4. The Bertz CT molecular complexity index is 208. The molecule has 1 saturated heterocycles. The topological polar surface area (TPSA) is 49.6 Å². The Morgan fingerprint density at radius 3 is 2.93 bits per heavy atom. The minimum atomic E-state index is 0.0409. The molecule has 0 bridgehead atoms. The molecule has 1 fully saturated rings. The largest absolute Gasteiger partial charge is 0.345 e. The minimum Gasteiger partial charge on any atom is -0.345 e. The predicted molar refractivity (Wildman–Crippen MR) is 61.5 cm³/mol. The van der Waals surface area contributed by atoms with Crippen molar-refractivity contribution in [3.63, 3.8) is 0 Å². The Morgan fingerprint density at radius 1 is 1.60 bits per heavy atom. The van der Waals surface area contributed by atoms with Crippen LogP contribution in [0.1, 0.15) is 19.3 Å². The molecule has 0 spiro atoms. The molecule has 0 saturated carbocycles. The van der Waals surface area contributed by atoms with Gasteiger partial charge in [-0.2, -0.15) is 0 Å². The molecule has 1 aliphatic heterocycles. The number of carbonyl (C=O) groups excluding carboxylic acids is 1. The van der Waals surface area contributed by atoms with Gasteiger partial charge in [0.25, 0.3) is 0 Å². The lowest BCUT2D eigenvalue weighted by atomic mass is 9.95.